The number of rotatable bonds is 4. The number of carbonyl (C=O) groups is 1. The zero-order valence-electron chi connectivity index (χ0n) is 13.6. The van der Waals surface area contributed by atoms with Crippen molar-refractivity contribution in [3.05, 3.63) is 54.0 Å². The third-order valence-electron chi connectivity index (χ3n) is 4.40. The second-order valence-corrected chi connectivity index (χ2v) is 6.15. The molecule has 0 bridgehead atoms. The normalized spacial score (nSPS) is 15.3. The second kappa shape index (κ2) is 7.21. The largest absolute Gasteiger partial charge is 0.467 e. The predicted molar refractivity (Wildman–Crippen MR) is 87.0 cm³/mol. The number of hydrogen-bond acceptors (Lipinski definition) is 2. The Morgan fingerprint density at radius 2 is 1.84 bits per heavy atom. The average molecular weight is 352 g/mol. The molecule has 0 spiro atoms. The predicted octanol–water partition coefficient (Wildman–Crippen LogP) is 5.28. The fraction of sp³-hybridized carbons (Fsp3) is 0.389. The van der Waals surface area contributed by atoms with Gasteiger partial charge in [-0.3, -0.25) is 0 Å². The number of anilines is 1. The Morgan fingerprint density at radius 1 is 1.16 bits per heavy atom. The number of benzene rings is 1. The van der Waals surface area contributed by atoms with Crippen molar-refractivity contribution in [1.29, 1.82) is 0 Å². The van der Waals surface area contributed by atoms with Gasteiger partial charge in [0, 0.05) is 11.7 Å². The van der Waals surface area contributed by atoms with Crippen LogP contribution in [0.4, 0.5) is 23.7 Å². The molecule has 25 heavy (non-hydrogen) atoms. The van der Waals surface area contributed by atoms with Crippen LogP contribution < -0.4 is 5.32 Å². The number of alkyl halides is 3. The van der Waals surface area contributed by atoms with E-state index in [0.29, 0.717) is 18.0 Å². The summed E-state index contributed by atoms with van der Waals surface area (Å²) < 4.78 is 43.2. The first kappa shape index (κ1) is 17.4. The van der Waals surface area contributed by atoms with Crippen LogP contribution in [0.3, 0.4) is 0 Å². The lowest BCUT2D eigenvalue weighted by Gasteiger charge is -2.28. The molecule has 4 nitrogen and oxygen atoms in total. The van der Waals surface area contributed by atoms with E-state index in [-0.39, 0.29) is 12.1 Å². The van der Waals surface area contributed by atoms with E-state index in [1.807, 2.05) is 0 Å². The fourth-order valence-electron chi connectivity index (χ4n) is 3.09. The lowest BCUT2D eigenvalue weighted by atomic mass is 10.2. The summed E-state index contributed by atoms with van der Waals surface area (Å²) in [6, 6.07) is 7.79. The summed E-state index contributed by atoms with van der Waals surface area (Å²) in [6.45, 7) is 0.337. The van der Waals surface area contributed by atoms with E-state index in [0.717, 1.165) is 37.8 Å². The van der Waals surface area contributed by atoms with Crippen LogP contribution in [0.15, 0.2) is 47.1 Å². The van der Waals surface area contributed by atoms with E-state index in [1.165, 1.54) is 12.1 Å². The van der Waals surface area contributed by atoms with Gasteiger partial charge in [0.1, 0.15) is 5.76 Å². The molecule has 0 aliphatic heterocycles. The molecule has 1 N–H and O–H groups in total. The van der Waals surface area contributed by atoms with Crippen LogP contribution in [0.2, 0.25) is 0 Å². The van der Waals surface area contributed by atoms with Gasteiger partial charge in [-0.1, -0.05) is 12.8 Å². The number of hydrogen-bond donors (Lipinski definition) is 1. The van der Waals surface area contributed by atoms with Crippen LogP contribution in [-0.2, 0) is 12.7 Å². The monoisotopic (exact) mass is 352 g/mol. The molecule has 0 unspecified atom stereocenters. The number of halogens is 3. The van der Waals surface area contributed by atoms with E-state index in [4.69, 9.17) is 4.42 Å². The van der Waals surface area contributed by atoms with Crippen molar-refractivity contribution in [2.75, 3.05) is 5.32 Å². The highest BCUT2D eigenvalue weighted by atomic mass is 19.4. The van der Waals surface area contributed by atoms with Crippen molar-refractivity contribution in [3.8, 4) is 0 Å². The molecule has 2 amide bonds. The Bertz CT molecular complexity index is 690. The molecule has 0 radical (unpaired) electrons. The standard InChI is InChI=1S/C18H19F3N2O2/c19-18(20,21)13-7-9-14(10-8-13)22-17(24)23(15-4-1-2-5-15)12-16-6-3-11-25-16/h3,6-11,15H,1-2,4-5,12H2,(H,22,24). The highest BCUT2D eigenvalue weighted by molar-refractivity contribution is 5.89. The molecular formula is C18H19F3N2O2. The first-order chi connectivity index (χ1) is 11.9. The summed E-state index contributed by atoms with van der Waals surface area (Å²) >= 11 is 0. The number of carbonyl (C=O) groups excluding carboxylic acids is 1. The lowest BCUT2D eigenvalue weighted by molar-refractivity contribution is -0.137. The minimum absolute atomic E-state index is 0.111. The molecule has 1 aromatic heterocycles. The third kappa shape index (κ3) is 4.35. The molecule has 1 fully saturated rings. The highest BCUT2D eigenvalue weighted by Gasteiger charge is 2.30. The quantitative estimate of drug-likeness (QED) is 0.814. The van der Waals surface area contributed by atoms with Gasteiger partial charge in [-0.15, -0.1) is 0 Å². The Labute approximate surface area is 143 Å². The minimum Gasteiger partial charge on any atom is -0.467 e. The van der Waals surface area contributed by atoms with Gasteiger partial charge in [0.15, 0.2) is 0 Å². The molecule has 1 saturated carbocycles. The van der Waals surface area contributed by atoms with Gasteiger partial charge < -0.3 is 14.6 Å². The number of amides is 2. The molecule has 1 heterocycles. The molecular weight excluding hydrogens is 333 g/mol. The number of urea groups is 1. The van der Waals surface area contributed by atoms with Crippen LogP contribution in [-0.4, -0.2) is 17.0 Å². The molecule has 1 aliphatic rings. The summed E-state index contributed by atoms with van der Waals surface area (Å²) in [5, 5.41) is 2.69. The minimum atomic E-state index is -4.39. The van der Waals surface area contributed by atoms with Crippen molar-refractivity contribution in [3.63, 3.8) is 0 Å². The van der Waals surface area contributed by atoms with Crippen molar-refractivity contribution in [2.24, 2.45) is 0 Å². The molecule has 1 aromatic carbocycles. The van der Waals surface area contributed by atoms with Gasteiger partial charge in [0.05, 0.1) is 18.4 Å². The number of furan rings is 1. The van der Waals surface area contributed by atoms with Crippen LogP contribution >= 0.6 is 0 Å². The SMILES string of the molecule is O=C(Nc1ccc(C(F)(F)F)cc1)N(Cc1ccco1)C1CCCC1. The average Bonchev–Trinajstić information content (AvgIpc) is 3.26. The van der Waals surface area contributed by atoms with Gasteiger partial charge in [-0.2, -0.15) is 13.2 Å². The number of nitrogens with one attached hydrogen (secondary N) is 1. The Kier molecular flexibility index (Phi) is 5.01. The van der Waals surface area contributed by atoms with E-state index in [1.54, 1.807) is 23.3 Å². The van der Waals surface area contributed by atoms with Crippen molar-refractivity contribution >= 4 is 11.7 Å². The molecule has 7 heteroatoms. The molecule has 0 atom stereocenters. The maximum absolute atomic E-state index is 12.7. The first-order valence-electron chi connectivity index (χ1n) is 8.21. The van der Waals surface area contributed by atoms with Crippen LogP contribution in [0.5, 0.6) is 0 Å². The molecule has 0 saturated heterocycles. The van der Waals surface area contributed by atoms with Crippen LogP contribution in [0.1, 0.15) is 37.0 Å². The smallest absolute Gasteiger partial charge is 0.416 e. The maximum atomic E-state index is 12.7. The van der Waals surface area contributed by atoms with Crippen LogP contribution in [0.25, 0.3) is 0 Å². The van der Waals surface area contributed by atoms with E-state index in [9.17, 15) is 18.0 Å². The summed E-state index contributed by atoms with van der Waals surface area (Å²) in [5.41, 5.74) is -0.408. The van der Waals surface area contributed by atoms with E-state index < -0.39 is 11.7 Å². The van der Waals surface area contributed by atoms with E-state index in [2.05, 4.69) is 5.32 Å². The Morgan fingerprint density at radius 3 is 2.40 bits per heavy atom. The summed E-state index contributed by atoms with van der Waals surface area (Å²) in [4.78, 5) is 14.4. The van der Waals surface area contributed by atoms with Gasteiger partial charge in [0.2, 0.25) is 0 Å². The van der Waals surface area contributed by atoms with E-state index >= 15 is 0 Å². The summed E-state index contributed by atoms with van der Waals surface area (Å²) in [5.74, 6) is 0.675. The lowest BCUT2D eigenvalue weighted by Crippen LogP contribution is -2.41. The molecule has 3 rings (SSSR count). The number of nitrogens with zero attached hydrogens (tertiary/aromatic N) is 1. The Balaban J connectivity index is 1.71. The van der Waals surface area contributed by atoms with Gasteiger partial charge in [-0.05, 0) is 49.2 Å². The van der Waals surface area contributed by atoms with Crippen LogP contribution in [0, 0.1) is 0 Å². The topological polar surface area (TPSA) is 45.5 Å². The second-order valence-electron chi connectivity index (χ2n) is 6.15. The van der Waals surface area contributed by atoms with Crippen molar-refractivity contribution in [2.45, 2.75) is 44.4 Å². The summed E-state index contributed by atoms with van der Waals surface area (Å²) in [7, 11) is 0. The van der Waals surface area contributed by atoms with Crippen molar-refractivity contribution < 1.29 is 22.4 Å². The third-order valence-corrected chi connectivity index (χ3v) is 4.40. The molecule has 134 valence electrons. The van der Waals surface area contributed by atoms with Crippen molar-refractivity contribution in [1.82, 2.24) is 4.90 Å². The first-order valence-corrected chi connectivity index (χ1v) is 8.21. The molecule has 2 aromatic rings. The van der Waals surface area contributed by atoms with Gasteiger partial charge >= 0.3 is 12.2 Å². The Hall–Kier alpha value is -2.44. The molecule has 1 aliphatic carbocycles. The fourth-order valence-corrected chi connectivity index (χ4v) is 3.09. The van der Waals surface area contributed by atoms with Gasteiger partial charge in [0.25, 0.3) is 0 Å². The summed E-state index contributed by atoms with van der Waals surface area (Å²) in [6.07, 6.45) is 1.12. The maximum Gasteiger partial charge on any atom is 0.416 e. The highest BCUT2D eigenvalue weighted by Crippen LogP contribution is 2.30. The zero-order valence-corrected chi connectivity index (χ0v) is 13.6. The zero-order chi connectivity index (χ0) is 17.9. The van der Waals surface area contributed by atoms with Gasteiger partial charge in [-0.25, -0.2) is 4.79 Å².